The summed E-state index contributed by atoms with van der Waals surface area (Å²) in [5.74, 6) is 3.13. The highest BCUT2D eigenvalue weighted by Crippen LogP contribution is 2.17. The SMILES string of the molecule is C#CCNC(=O)CCNC(=NCCCOC)NC1CCCCC1. The lowest BCUT2D eigenvalue weighted by Gasteiger charge is -2.25. The van der Waals surface area contributed by atoms with E-state index in [2.05, 4.69) is 26.9 Å². The molecule has 3 N–H and O–H groups in total. The number of guanidine groups is 1. The van der Waals surface area contributed by atoms with E-state index in [-0.39, 0.29) is 12.5 Å². The third kappa shape index (κ3) is 9.80. The maximum absolute atomic E-state index is 11.5. The minimum atomic E-state index is -0.0492. The number of nitrogens with one attached hydrogen (secondary N) is 3. The number of hydrogen-bond acceptors (Lipinski definition) is 3. The van der Waals surface area contributed by atoms with Gasteiger partial charge in [-0.1, -0.05) is 25.2 Å². The van der Waals surface area contributed by atoms with Crippen LogP contribution in [0.15, 0.2) is 4.99 Å². The summed E-state index contributed by atoms with van der Waals surface area (Å²) < 4.78 is 5.04. The van der Waals surface area contributed by atoms with Crippen LogP contribution in [-0.4, -0.2) is 51.3 Å². The van der Waals surface area contributed by atoms with Crippen LogP contribution in [0.5, 0.6) is 0 Å². The number of methoxy groups -OCH3 is 1. The minimum Gasteiger partial charge on any atom is -0.385 e. The number of aliphatic imine (C=N–C) groups is 1. The molecule has 1 fully saturated rings. The van der Waals surface area contributed by atoms with Crippen LogP contribution < -0.4 is 16.0 Å². The van der Waals surface area contributed by atoms with Crippen LogP contribution in [0, 0.1) is 12.3 Å². The number of carbonyl (C=O) groups is 1. The summed E-state index contributed by atoms with van der Waals surface area (Å²) in [4.78, 5) is 16.1. The Labute approximate surface area is 139 Å². The van der Waals surface area contributed by atoms with E-state index in [9.17, 15) is 4.79 Å². The van der Waals surface area contributed by atoms with Crippen molar-refractivity contribution in [3.8, 4) is 12.3 Å². The highest BCUT2D eigenvalue weighted by Gasteiger charge is 2.14. The second kappa shape index (κ2) is 12.8. The van der Waals surface area contributed by atoms with Gasteiger partial charge in [0.1, 0.15) is 0 Å². The number of hydrogen-bond donors (Lipinski definition) is 3. The van der Waals surface area contributed by atoms with E-state index < -0.39 is 0 Å². The molecule has 1 aliphatic carbocycles. The van der Waals surface area contributed by atoms with Gasteiger partial charge in [-0.15, -0.1) is 6.42 Å². The molecule has 23 heavy (non-hydrogen) atoms. The van der Waals surface area contributed by atoms with Crippen molar-refractivity contribution in [2.45, 2.75) is 51.0 Å². The van der Waals surface area contributed by atoms with Gasteiger partial charge in [-0.25, -0.2) is 0 Å². The number of carbonyl (C=O) groups excluding carboxylic acids is 1. The molecule has 0 spiro atoms. The number of rotatable bonds is 9. The zero-order valence-electron chi connectivity index (χ0n) is 14.2. The molecule has 1 saturated carbocycles. The summed E-state index contributed by atoms with van der Waals surface area (Å²) >= 11 is 0. The molecule has 0 heterocycles. The van der Waals surface area contributed by atoms with Crippen LogP contribution >= 0.6 is 0 Å². The van der Waals surface area contributed by atoms with Crippen LogP contribution in [-0.2, 0) is 9.53 Å². The van der Waals surface area contributed by atoms with Gasteiger partial charge in [-0.3, -0.25) is 9.79 Å². The first kappa shape index (κ1) is 19.3. The molecule has 0 aromatic carbocycles. The lowest BCUT2D eigenvalue weighted by atomic mass is 9.96. The molecule has 0 bridgehead atoms. The van der Waals surface area contributed by atoms with Crippen LogP contribution in [0.1, 0.15) is 44.9 Å². The van der Waals surface area contributed by atoms with Crippen LogP contribution in [0.4, 0.5) is 0 Å². The quantitative estimate of drug-likeness (QED) is 0.256. The fourth-order valence-corrected chi connectivity index (χ4v) is 2.53. The first-order chi connectivity index (χ1) is 11.3. The van der Waals surface area contributed by atoms with Crippen LogP contribution in [0.2, 0.25) is 0 Å². The molecular weight excluding hydrogens is 292 g/mol. The zero-order chi connectivity index (χ0) is 16.8. The molecule has 0 aromatic heterocycles. The maximum Gasteiger partial charge on any atom is 0.222 e. The molecule has 0 aromatic rings. The summed E-state index contributed by atoms with van der Waals surface area (Å²) in [5.41, 5.74) is 0. The third-order valence-electron chi connectivity index (χ3n) is 3.75. The summed E-state index contributed by atoms with van der Waals surface area (Å²) in [7, 11) is 1.69. The number of nitrogens with zero attached hydrogens (tertiary/aromatic N) is 1. The fraction of sp³-hybridized carbons (Fsp3) is 0.765. The van der Waals surface area contributed by atoms with Gasteiger partial charge in [-0.05, 0) is 19.3 Å². The Morgan fingerprint density at radius 2 is 2.09 bits per heavy atom. The topological polar surface area (TPSA) is 74.8 Å². The lowest BCUT2D eigenvalue weighted by Crippen LogP contribution is -2.45. The van der Waals surface area contributed by atoms with Gasteiger partial charge in [0.05, 0.1) is 6.54 Å². The van der Waals surface area contributed by atoms with Gasteiger partial charge in [-0.2, -0.15) is 0 Å². The van der Waals surface area contributed by atoms with Crippen LogP contribution in [0.25, 0.3) is 0 Å². The largest absolute Gasteiger partial charge is 0.385 e. The Kier molecular flexibility index (Phi) is 10.7. The second-order valence-corrected chi connectivity index (χ2v) is 5.71. The van der Waals surface area contributed by atoms with Gasteiger partial charge in [0.25, 0.3) is 0 Å². The Hall–Kier alpha value is -1.74. The molecule has 0 radical (unpaired) electrons. The normalized spacial score (nSPS) is 15.7. The van der Waals surface area contributed by atoms with Crippen molar-refractivity contribution in [3.05, 3.63) is 0 Å². The van der Waals surface area contributed by atoms with Crippen molar-refractivity contribution >= 4 is 11.9 Å². The fourth-order valence-electron chi connectivity index (χ4n) is 2.53. The smallest absolute Gasteiger partial charge is 0.222 e. The minimum absolute atomic E-state index is 0.0492. The van der Waals surface area contributed by atoms with Crippen molar-refractivity contribution in [2.75, 3.05) is 33.4 Å². The van der Waals surface area contributed by atoms with Crippen molar-refractivity contribution in [1.82, 2.24) is 16.0 Å². The standard InChI is InChI=1S/C17H30N4O2/c1-3-11-18-16(22)10-13-20-17(19-12-7-14-23-2)21-15-8-5-4-6-9-15/h1,15H,4-14H2,2H3,(H,18,22)(H2,19,20,21). The van der Waals surface area contributed by atoms with E-state index in [0.717, 1.165) is 12.4 Å². The molecule has 0 aliphatic heterocycles. The molecule has 0 unspecified atom stereocenters. The predicted octanol–water partition coefficient (Wildman–Crippen LogP) is 1.03. The molecule has 1 amide bonds. The maximum atomic E-state index is 11.5. The molecule has 1 aliphatic rings. The second-order valence-electron chi connectivity index (χ2n) is 5.71. The van der Waals surface area contributed by atoms with Gasteiger partial charge >= 0.3 is 0 Å². The molecule has 6 nitrogen and oxygen atoms in total. The molecule has 1 rings (SSSR count). The highest BCUT2D eigenvalue weighted by atomic mass is 16.5. The van der Waals surface area contributed by atoms with Crippen molar-refractivity contribution in [2.24, 2.45) is 4.99 Å². The molecule has 0 saturated heterocycles. The number of ether oxygens (including phenoxy) is 1. The summed E-state index contributed by atoms with van der Waals surface area (Å²) in [5, 5.41) is 9.38. The van der Waals surface area contributed by atoms with E-state index >= 15 is 0 Å². The van der Waals surface area contributed by atoms with Gasteiger partial charge in [0.2, 0.25) is 5.91 Å². The van der Waals surface area contributed by atoms with E-state index in [0.29, 0.717) is 32.2 Å². The molecular formula is C17H30N4O2. The van der Waals surface area contributed by atoms with Gasteiger partial charge < -0.3 is 20.7 Å². The monoisotopic (exact) mass is 322 g/mol. The highest BCUT2D eigenvalue weighted by molar-refractivity contribution is 5.81. The Balaban J connectivity index is 2.36. The Morgan fingerprint density at radius 3 is 2.78 bits per heavy atom. The predicted molar refractivity (Wildman–Crippen MR) is 93.3 cm³/mol. The zero-order valence-corrected chi connectivity index (χ0v) is 14.2. The first-order valence-corrected chi connectivity index (χ1v) is 8.50. The van der Waals surface area contributed by atoms with E-state index in [1.807, 2.05) is 0 Å². The summed E-state index contributed by atoms with van der Waals surface area (Å²) in [6.45, 7) is 2.23. The average Bonchev–Trinajstić information content (AvgIpc) is 2.57. The van der Waals surface area contributed by atoms with Crippen molar-refractivity contribution < 1.29 is 9.53 Å². The third-order valence-corrected chi connectivity index (χ3v) is 3.75. The lowest BCUT2D eigenvalue weighted by molar-refractivity contribution is -0.120. The number of amides is 1. The van der Waals surface area contributed by atoms with Gasteiger partial charge in [0.15, 0.2) is 5.96 Å². The number of terminal acetylenes is 1. The van der Waals surface area contributed by atoms with Gasteiger partial charge in [0, 0.05) is 39.3 Å². The Bertz CT molecular complexity index is 398. The average molecular weight is 322 g/mol. The van der Waals surface area contributed by atoms with Crippen LogP contribution in [0.3, 0.4) is 0 Å². The molecule has 130 valence electrons. The first-order valence-electron chi connectivity index (χ1n) is 8.50. The Morgan fingerprint density at radius 1 is 1.30 bits per heavy atom. The van der Waals surface area contributed by atoms with E-state index in [4.69, 9.17) is 11.2 Å². The molecule has 6 heteroatoms. The van der Waals surface area contributed by atoms with E-state index in [1.54, 1.807) is 7.11 Å². The molecule has 0 atom stereocenters. The summed E-state index contributed by atoms with van der Waals surface area (Å²) in [6.07, 6.45) is 12.6. The van der Waals surface area contributed by atoms with Crippen molar-refractivity contribution in [1.29, 1.82) is 0 Å². The van der Waals surface area contributed by atoms with E-state index in [1.165, 1.54) is 32.1 Å². The summed E-state index contributed by atoms with van der Waals surface area (Å²) in [6, 6.07) is 0.479. The van der Waals surface area contributed by atoms with Crippen molar-refractivity contribution in [3.63, 3.8) is 0 Å².